The van der Waals surface area contributed by atoms with Crippen LogP contribution in [0.15, 0.2) is 43.2 Å². The van der Waals surface area contributed by atoms with Crippen molar-refractivity contribution in [2.45, 2.75) is 11.3 Å². The molecule has 1 aromatic heterocycles. The van der Waals surface area contributed by atoms with Crippen LogP contribution in [-0.2, 0) is 15.0 Å². The molecule has 0 aliphatic carbocycles. The Kier molecular flexibility index (Phi) is 6.75. The average Bonchev–Trinajstić information content (AvgIpc) is 2.32. The highest BCUT2D eigenvalue weighted by Crippen LogP contribution is 2.21. The molecule has 1 atom stereocenters. The minimum absolute atomic E-state index is 0.0377. The minimum atomic E-state index is -4.30. The van der Waals surface area contributed by atoms with Gasteiger partial charge in [-0.1, -0.05) is 12.6 Å². The van der Waals surface area contributed by atoms with Gasteiger partial charge in [0.05, 0.1) is 0 Å². The number of hydrogen-bond acceptors (Lipinski definition) is 3. The van der Waals surface area contributed by atoms with E-state index in [1.165, 1.54) is 10.6 Å². The summed E-state index contributed by atoms with van der Waals surface area (Å²) in [5, 5.41) is 2.75. The van der Waals surface area contributed by atoms with Crippen LogP contribution < -0.4 is 9.88 Å². The maximum absolute atomic E-state index is 11.3. The molecule has 0 amide bonds. The lowest BCUT2D eigenvalue weighted by Crippen LogP contribution is -2.58. The van der Waals surface area contributed by atoms with Gasteiger partial charge < -0.3 is 5.32 Å². The molecule has 0 bridgehead atoms. The van der Waals surface area contributed by atoms with Crippen molar-refractivity contribution in [1.82, 2.24) is 5.32 Å². The maximum atomic E-state index is 11.3. The fourth-order valence-electron chi connectivity index (χ4n) is 1.36. The molecule has 5 nitrogen and oxygen atoms in total. The molecule has 101 valence electrons. The van der Waals surface area contributed by atoms with Gasteiger partial charge in [-0.15, -0.1) is 0 Å². The van der Waals surface area contributed by atoms with E-state index in [0.29, 0.717) is 0 Å². The third kappa shape index (κ3) is 3.63. The third-order valence-electron chi connectivity index (χ3n) is 2.28. The van der Waals surface area contributed by atoms with Crippen molar-refractivity contribution in [2.75, 3.05) is 14.1 Å². The smallest absolute Gasteiger partial charge is 0.323 e. The van der Waals surface area contributed by atoms with Gasteiger partial charge in [-0.25, -0.2) is 0 Å². The number of aromatic nitrogens is 1. The highest BCUT2D eigenvalue weighted by molar-refractivity contribution is 7.86. The summed E-state index contributed by atoms with van der Waals surface area (Å²) in [4.78, 5) is -1.59. The fourth-order valence-corrected chi connectivity index (χ4v) is 2.21. The van der Waals surface area contributed by atoms with E-state index in [4.69, 9.17) is 0 Å². The Morgan fingerprint density at radius 1 is 1.33 bits per heavy atom. The first-order valence-corrected chi connectivity index (χ1v) is 6.78. The zero-order chi connectivity index (χ0) is 14.2. The summed E-state index contributed by atoms with van der Waals surface area (Å²) < 4.78 is 33.3. The van der Waals surface area contributed by atoms with E-state index in [0.717, 1.165) is 0 Å². The second kappa shape index (κ2) is 7.25. The van der Waals surface area contributed by atoms with E-state index in [-0.39, 0.29) is 6.42 Å². The normalized spacial score (nSPS) is 14.0. The number of rotatable bonds is 4. The quantitative estimate of drug-likeness (QED) is 0.482. The molecule has 0 aliphatic heterocycles. The van der Waals surface area contributed by atoms with Gasteiger partial charge in [0, 0.05) is 18.6 Å². The Balaban J connectivity index is 0.000000873. The van der Waals surface area contributed by atoms with Gasteiger partial charge >= 0.3 is 15.0 Å². The molecule has 0 saturated carbocycles. The van der Waals surface area contributed by atoms with Crippen molar-refractivity contribution in [3.63, 3.8) is 0 Å². The number of hydrogen-bond donors (Lipinski definition) is 2. The minimum Gasteiger partial charge on any atom is -0.323 e. The van der Waals surface area contributed by atoms with Crippen LogP contribution in [0.25, 0.3) is 0 Å². The van der Waals surface area contributed by atoms with Gasteiger partial charge in [0.1, 0.15) is 0 Å². The summed E-state index contributed by atoms with van der Waals surface area (Å²) in [6, 6.07) is 5.08. The van der Waals surface area contributed by atoms with Crippen LogP contribution in [0.3, 0.4) is 0 Å². The summed E-state index contributed by atoms with van der Waals surface area (Å²) in [5.74, 6) is 0. The monoisotopic (exact) mass is 272 g/mol. The summed E-state index contributed by atoms with van der Waals surface area (Å²) in [6.07, 6.45) is 4.22. The first kappa shape index (κ1) is 16.8. The van der Waals surface area contributed by atoms with Crippen LogP contribution in [-0.4, -0.2) is 27.1 Å². The molecule has 2 N–H and O–H groups in total. The highest BCUT2D eigenvalue weighted by Gasteiger charge is 2.47. The molecule has 18 heavy (non-hydrogen) atoms. The topological polar surface area (TPSA) is 70.3 Å². The van der Waals surface area contributed by atoms with E-state index in [2.05, 4.69) is 18.8 Å². The van der Waals surface area contributed by atoms with Gasteiger partial charge in [-0.05, 0) is 27.1 Å². The Labute approximate surface area is 109 Å². The zero-order valence-corrected chi connectivity index (χ0v) is 11.5. The molecular weight excluding hydrogens is 252 g/mol. The molecule has 0 aromatic carbocycles. The standard InChI is InChI=1S/C10H12NO3S.C2H7N/c1-3-10(4-2,15(12,13)14)11-8-6-5-7-9-11;1-3-2/h3,5-9H,1-2,4H2;3H,1-2H3/p+1. The first-order chi connectivity index (χ1) is 8.39. The molecular formula is C12H20N2O3S+. The lowest BCUT2D eigenvalue weighted by molar-refractivity contribution is -0.729. The lowest BCUT2D eigenvalue weighted by Gasteiger charge is -2.19. The largest absolute Gasteiger partial charge is 0.336 e. The van der Waals surface area contributed by atoms with E-state index in [1.807, 2.05) is 14.1 Å². The van der Waals surface area contributed by atoms with E-state index < -0.39 is 15.0 Å². The Morgan fingerprint density at radius 2 is 1.78 bits per heavy atom. The Morgan fingerprint density at radius 3 is 2.06 bits per heavy atom. The van der Waals surface area contributed by atoms with Crippen molar-refractivity contribution in [3.05, 3.63) is 50.2 Å². The summed E-state index contributed by atoms with van der Waals surface area (Å²) in [7, 11) is -0.547. The number of nitrogens with zero attached hydrogens (tertiary/aromatic N) is 1. The van der Waals surface area contributed by atoms with E-state index >= 15 is 0 Å². The molecule has 0 aliphatic rings. The van der Waals surface area contributed by atoms with Crippen LogP contribution in [0, 0.1) is 6.92 Å². The average molecular weight is 272 g/mol. The molecule has 0 fully saturated rings. The van der Waals surface area contributed by atoms with Crippen LogP contribution >= 0.6 is 0 Å². The van der Waals surface area contributed by atoms with Crippen molar-refractivity contribution < 1.29 is 17.5 Å². The molecule has 1 heterocycles. The third-order valence-corrected chi connectivity index (χ3v) is 3.75. The van der Waals surface area contributed by atoms with E-state index in [1.54, 1.807) is 30.6 Å². The summed E-state index contributed by atoms with van der Waals surface area (Å²) in [5.41, 5.74) is 0. The fraction of sp³-hybridized carbons (Fsp3) is 0.333. The summed E-state index contributed by atoms with van der Waals surface area (Å²) in [6.45, 7) is 6.99. The van der Waals surface area contributed by atoms with E-state index in [9.17, 15) is 13.0 Å². The van der Waals surface area contributed by atoms with Crippen LogP contribution in [0.5, 0.6) is 0 Å². The number of pyridine rings is 1. The second-order valence-electron chi connectivity index (χ2n) is 3.56. The van der Waals surface area contributed by atoms with Gasteiger partial charge in [0.25, 0.3) is 0 Å². The van der Waals surface area contributed by atoms with Crippen LogP contribution in [0.1, 0.15) is 6.42 Å². The maximum Gasteiger partial charge on any atom is 0.336 e. The molecule has 6 heteroatoms. The Bertz CT molecular complexity index is 459. The predicted molar refractivity (Wildman–Crippen MR) is 71.3 cm³/mol. The lowest BCUT2D eigenvalue weighted by atomic mass is 10.2. The highest BCUT2D eigenvalue weighted by atomic mass is 32.2. The molecule has 1 aromatic rings. The van der Waals surface area contributed by atoms with Crippen molar-refractivity contribution in [2.24, 2.45) is 0 Å². The first-order valence-electron chi connectivity index (χ1n) is 5.34. The van der Waals surface area contributed by atoms with Gasteiger partial charge in [0.2, 0.25) is 0 Å². The predicted octanol–water partition coefficient (Wildman–Crippen LogP) is 0.760. The molecule has 1 unspecified atom stereocenters. The Hall–Kier alpha value is -1.24. The number of nitrogens with one attached hydrogen (secondary N) is 1. The molecule has 0 saturated heterocycles. The SMILES string of the molecule is CNC.[CH2]CC(C=C)([n+]1ccccc1)S(=O)(=O)O. The molecule has 1 radical (unpaired) electrons. The van der Waals surface area contributed by atoms with Crippen LogP contribution in [0.2, 0.25) is 0 Å². The van der Waals surface area contributed by atoms with Gasteiger partial charge in [-0.2, -0.15) is 13.0 Å². The van der Waals surface area contributed by atoms with Crippen molar-refractivity contribution >= 4 is 10.1 Å². The van der Waals surface area contributed by atoms with Crippen molar-refractivity contribution in [3.8, 4) is 0 Å². The molecule has 0 spiro atoms. The van der Waals surface area contributed by atoms with Gasteiger partial charge in [0.15, 0.2) is 12.4 Å². The summed E-state index contributed by atoms with van der Waals surface area (Å²) >= 11 is 0. The molecule has 1 rings (SSSR count). The second-order valence-corrected chi connectivity index (χ2v) is 5.21. The van der Waals surface area contributed by atoms with Crippen LogP contribution in [0.4, 0.5) is 0 Å². The zero-order valence-electron chi connectivity index (χ0n) is 10.7. The van der Waals surface area contributed by atoms with Crippen molar-refractivity contribution in [1.29, 1.82) is 0 Å². The van der Waals surface area contributed by atoms with Gasteiger partial charge in [-0.3, -0.25) is 4.55 Å².